The van der Waals surface area contributed by atoms with Crippen molar-refractivity contribution < 1.29 is 0 Å². The first kappa shape index (κ1) is 7.76. The first-order valence-corrected chi connectivity index (χ1v) is 5.38. The van der Waals surface area contributed by atoms with Gasteiger partial charge in [0.05, 0.1) is 10.7 Å². The zero-order valence-corrected chi connectivity index (χ0v) is 7.52. The molecule has 2 atom stereocenters. The minimum Gasteiger partial charge on any atom is -0.294 e. The van der Waals surface area contributed by atoms with Gasteiger partial charge in [-0.2, -0.15) is 0 Å². The smallest absolute Gasteiger partial charge is 0.0512 e. The second-order valence-electron chi connectivity index (χ2n) is 2.19. The Labute approximate surface area is 65.4 Å². The van der Waals surface area contributed by atoms with Gasteiger partial charge in [-0.1, -0.05) is 0 Å². The quantitative estimate of drug-likeness (QED) is 0.584. The number of hydrogen-bond donors (Lipinski definition) is 1. The first-order valence-electron chi connectivity index (χ1n) is 3.28. The summed E-state index contributed by atoms with van der Waals surface area (Å²) in [5, 5.41) is 4.76. The molecule has 1 N–H and O–H groups in total. The van der Waals surface area contributed by atoms with Crippen molar-refractivity contribution in [3.8, 4) is 0 Å². The maximum Gasteiger partial charge on any atom is 0.0512 e. The van der Waals surface area contributed by atoms with Crippen molar-refractivity contribution >= 4 is 23.5 Å². The van der Waals surface area contributed by atoms with E-state index in [0.717, 1.165) is 0 Å². The summed E-state index contributed by atoms with van der Waals surface area (Å²) in [5.41, 5.74) is 0. The van der Waals surface area contributed by atoms with Gasteiger partial charge in [0.2, 0.25) is 0 Å². The molecular formula is C6H13NS2. The van der Waals surface area contributed by atoms with Crippen LogP contribution in [0.1, 0.15) is 13.8 Å². The van der Waals surface area contributed by atoms with Crippen LogP contribution in [0.15, 0.2) is 0 Å². The Kier molecular flexibility index (Phi) is 3.22. The molecule has 0 amide bonds. The molecule has 2 unspecified atom stereocenters. The molecule has 0 aromatic rings. The lowest BCUT2D eigenvalue weighted by Crippen LogP contribution is -2.28. The van der Waals surface area contributed by atoms with Gasteiger partial charge in [0.1, 0.15) is 0 Å². The highest BCUT2D eigenvalue weighted by Gasteiger charge is 2.11. The van der Waals surface area contributed by atoms with E-state index in [9.17, 15) is 0 Å². The second kappa shape index (κ2) is 3.74. The molecule has 0 aromatic carbocycles. The number of nitrogens with one attached hydrogen (secondary N) is 1. The Bertz CT molecular complexity index is 77.1. The summed E-state index contributed by atoms with van der Waals surface area (Å²) in [7, 11) is 0. The van der Waals surface area contributed by atoms with Crippen molar-refractivity contribution in [1.29, 1.82) is 0 Å². The Balaban J connectivity index is 2.29. The monoisotopic (exact) mass is 163 g/mol. The van der Waals surface area contributed by atoms with E-state index < -0.39 is 0 Å². The molecule has 1 aliphatic heterocycles. The number of rotatable bonds is 0. The molecule has 0 saturated carbocycles. The largest absolute Gasteiger partial charge is 0.294 e. The van der Waals surface area contributed by atoms with Gasteiger partial charge in [0.25, 0.3) is 0 Å². The van der Waals surface area contributed by atoms with Gasteiger partial charge in [-0.3, -0.25) is 5.32 Å². The fraction of sp³-hybridized carbons (Fsp3) is 1.00. The third-order valence-corrected chi connectivity index (χ3v) is 3.70. The van der Waals surface area contributed by atoms with Crippen LogP contribution in [0.5, 0.6) is 0 Å². The zero-order valence-electron chi connectivity index (χ0n) is 5.89. The predicted molar refractivity (Wildman–Crippen MR) is 47.0 cm³/mol. The minimum absolute atomic E-state index is 0.648. The molecule has 0 aliphatic carbocycles. The molecule has 1 heterocycles. The Hall–Kier alpha value is 0.660. The van der Waals surface area contributed by atoms with Crippen molar-refractivity contribution in [1.82, 2.24) is 5.32 Å². The molecule has 0 aromatic heterocycles. The van der Waals surface area contributed by atoms with Crippen LogP contribution in [0, 0.1) is 0 Å². The van der Waals surface area contributed by atoms with Gasteiger partial charge in [0.15, 0.2) is 0 Å². The first-order chi connectivity index (χ1) is 4.29. The normalized spacial score (nSPS) is 38.0. The molecule has 1 rings (SSSR count). The lowest BCUT2D eigenvalue weighted by molar-refractivity contribution is 0.686. The average molecular weight is 163 g/mol. The van der Waals surface area contributed by atoms with E-state index in [0.29, 0.717) is 10.7 Å². The summed E-state index contributed by atoms with van der Waals surface area (Å²) < 4.78 is 0. The molecule has 0 bridgehead atoms. The molecular weight excluding hydrogens is 150 g/mol. The lowest BCUT2D eigenvalue weighted by atomic mass is 10.6. The van der Waals surface area contributed by atoms with Crippen molar-refractivity contribution in [2.75, 3.05) is 11.5 Å². The van der Waals surface area contributed by atoms with Crippen molar-refractivity contribution in [2.45, 2.75) is 24.6 Å². The summed E-state index contributed by atoms with van der Waals surface area (Å²) in [6.07, 6.45) is 0. The molecule has 1 aliphatic rings. The summed E-state index contributed by atoms with van der Waals surface area (Å²) in [6.45, 7) is 4.46. The van der Waals surface area contributed by atoms with Crippen molar-refractivity contribution in [2.24, 2.45) is 0 Å². The SMILES string of the molecule is CC1NC(C)SCCS1. The molecule has 9 heavy (non-hydrogen) atoms. The van der Waals surface area contributed by atoms with E-state index in [-0.39, 0.29) is 0 Å². The van der Waals surface area contributed by atoms with Gasteiger partial charge in [0, 0.05) is 11.5 Å². The molecule has 1 nitrogen and oxygen atoms in total. The average Bonchev–Trinajstić information content (AvgIpc) is 1.93. The maximum atomic E-state index is 3.47. The third-order valence-electron chi connectivity index (χ3n) is 1.29. The van der Waals surface area contributed by atoms with Gasteiger partial charge < -0.3 is 0 Å². The molecule has 54 valence electrons. The van der Waals surface area contributed by atoms with E-state index in [1.54, 1.807) is 0 Å². The van der Waals surface area contributed by atoms with Gasteiger partial charge in [-0.15, -0.1) is 23.5 Å². The fourth-order valence-corrected chi connectivity index (χ4v) is 3.04. The summed E-state index contributed by atoms with van der Waals surface area (Å²) in [4.78, 5) is 0. The Morgan fingerprint density at radius 1 is 1.11 bits per heavy atom. The Morgan fingerprint density at radius 3 is 2.00 bits per heavy atom. The van der Waals surface area contributed by atoms with Crippen LogP contribution in [0.25, 0.3) is 0 Å². The van der Waals surface area contributed by atoms with E-state index in [1.165, 1.54) is 11.5 Å². The second-order valence-corrected chi connectivity index (χ2v) is 5.09. The fourth-order valence-electron chi connectivity index (χ4n) is 0.877. The van der Waals surface area contributed by atoms with Crippen LogP contribution >= 0.6 is 23.5 Å². The number of hydrogen-bond acceptors (Lipinski definition) is 3. The molecule has 1 fully saturated rings. The maximum absolute atomic E-state index is 3.47. The van der Waals surface area contributed by atoms with E-state index in [1.807, 2.05) is 23.5 Å². The summed E-state index contributed by atoms with van der Waals surface area (Å²) in [6, 6.07) is 0. The highest BCUT2D eigenvalue weighted by Crippen LogP contribution is 2.19. The highest BCUT2D eigenvalue weighted by atomic mass is 32.2. The minimum atomic E-state index is 0.648. The molecule has 0 spiro atoms. The van der Waals surface area contributed by atoms with E-state index in [4.69, 9.17) is 0 Å². The predicted octanol–water partition coefficient (Wildman–Crippen LogP) is 1.75. The van der Waals surface area contributed by atoms with E-state index >= 15 is 0 Å². The summed E-state index contributed by atoms with van der Waals surface area (Å²) >= 11 is 4.02. The van der Waals surface area contributed by atoms with Gasteiger partial charge in [-0.25, -0.2) is 0 Å². The third kappa shape index (κ3) is 2.83. The van der Waals surface area contributed by atoms with Crippen LogP contribution in [0.4, 0.5) is 0 Å². The molecule has 1 saturated heterocycles. The highest BCUT2D eigenvalue weighted by molar-refractivity contribution is 8.04. The molecule has 3 heteroatoms. The van der Waals surface area contributed by atoms with Gasteiger partial charge in [-0.05, 0) is 13.8 Å². The van der Waals surface area contributed by atoms with E-state index in [2.05, 4.69) is 19.2 Å². The zero-order chi connectivity index (χ0) is 6.69. The van der Waals surface area contributed by atoms with Crippen LogP contribution in [0.2, 0.25) is 0 Å². The van der Waals surface area contributed by atoms with Crippen LogP contribution in [-0.2, 0) is 0 Å². The topological polar surface area (TPSA) is 12.0 Å². The summed E-state index contributed by atoms with van der Waals surface area (Å²) in [5.74, 6) is 2.59. The Morgan fingerprint density at radius 2 is 1.56 bits per heavy atom. The van der Waals surface area contributed by atoms with Crippen LogP contribution in [0.3, 0.4) is 0 Å². The molecule has 0 radical (unpaired) electrons. The van der Waals surface area contributed by atoms with Crippen molar-refractivity contribution in [3.63, 3.8) is 0 Å². The van der Waals surface area contributed by atoms with Crippen LogP contribution in [-0.4, -0.2) is 22.3 Å². The van der Waals surface area contributed by atoms with Crippen LogP contribution < -0.4 is 5.32 Å². The lowest BCUT2D eigenvalue weighted by Gasteiger charge is -2.12. The standard InChI is InChI=1S/C6H13NS2/c1-5-7-6(2)9-4-3-8-5/h5-7H,3-4H2,1-2H3. The van der Waals surface area contributed by atoms with Gasteiger partial charge >= 0.3 is 0 Å². The van der Waals surface area contributed by atoms with Crippen molar-refractivity contribution in [3.05, 3.63) is 0 Å². The number of thioether (sulfide) groups is 2.